The molecule has 2 rings (SSSR count). The van der Waals surface area contributed by atoms with Crippen LogP contribution in [0, 0.1) is 19.3 Å². The predicted octanol–water partition coefficient (Wildman–Crippen LogP) is 1.77. The van der Waals surface area contributed by atoms with Crippen molar-refractivity contribution in [3.63, 3.8) is 0 Å². The number of ether oxygens (including phenoxy) is 1. The zero-order valence-electron chi connectivity index (χ0n) is 13.5. The van der Waals surface area contributed by atoms with Crippen LogP contribution in [-0.2, 0) is 11.3 Å². The van der Waals surface area contributed by atoms with Crippen molar-refractivity contribution >= 4 is 5.96 Å². The average Bonchev–Trinajstić information content (AvgIpc) is 3.02. The van der Waals surface area contributed by atoms with E-state index in [9.17, 15) is 0 Å². The number of guanidine groups is 1. The molecule has 0 saturated carbocycles. The number of aryl methyl sites for hydroxylation is 2. The molecule has 1 aliphatic heterocycles. The van der Waals surface area contributed by atoms with Crippen molar-refractivity contribution in [2.45, 2.75) is 40.7 Å². The molecule has 1 saturated heterocycles. The maximum atomic E-state index is 5.48. The molecule has 0 spiro atoms. The second-order valence-electron chi connectivity index (χ2n) is 5.96. The Morgan fingerprint density at radius 1 is 1.38 bits per heavy atom. The molecule has 2 N–H and O–H groups in total. The van der Waals surface area contributed by atoms with E-state index in [0.717, 1.165) is 55.7 Å². The first-order valence-electron chi connectivity index (χ1n) is 7.56. The average molecular weight is 294 g/mol. The van der Waals surface area contributed by atoms with Crippen LogP contribution in [0.3, 0.4) is 0 Å². The quantitative estimate of drug-likeness (QED) is 0.640. The van der Waals surface area contributed by atoms with Gasteiger partial charge in [0.1, 0.15) is 5.76 Å². The second kappa shape index (κ2) is 6.93. The third-order valence-electron chi connectivity index (χ3n) is 3.90. The molecule has 0 amide bonds. The summed E-state index contributed by atoms with van der Waals surface area (Å²) in [6.07, 6.45) is 1.09. The topological polar surface area (TPSA) is 71.7 Å². The summed E-state index contributed by atoms with van der Waals surface area (Å²) >= 11 is 0. The van der Waals surface area contributed by atoms with Crippen molar-refractivity contribution < 1.29 is 9.26 Å². The van der Waals surface area contributed by atoms with Crippen LogP contribution in [-0.4, -0.2) is 37.4 Å². The number of aromatic nitrogens is 1. The fourth-order valence-corrected chi connectivity index (χ4v) is 2.37. The lowest BCUT2D eigenvalue weighted by molar-refractivity contribution is 0.160. The van der Waals surface area contributed by atoms with Gasteiger partial charge in [-0.2, -0.15) is 0 Å². The molecule has 2 heterocycles. The molecule has 1 unspecified atom stereocenters. The lowest BCUT2D eigenvalue weighted by Gasteiger charge is -2.23. The van der Waals surface area contributed by atoms with Crippen molar-refractivity contribution in [1.29, 1.82) is 0 Å². The zero-order chi connectivity index (χ0) is 15.3. The van der Waals surface area contributed by atoms with E-state index in [1.807, 2.05) is 13.8 Å². The highest BCUT2D eigenvalue weighted by Crippen LogP contribution is 2.26. The van der Waals surface area contributed by atoms with Crippen LogP contribution in [0.2, 0.25) is 0 Å². The van der Waals surface area contributed by atoms with Gasteiger partial charge in [0.05, 0.1) is 18.8 Å². The largest absolute Gasteiger partial charge is 0.381 e. The van der Waals surface area contributed by atoms with Crippen LogP contribution in [0.1, 0.15) is 37.3 Å². The van der Waals surface area contributed by atoms with Crippen molar-refractivity contribution in [2.75, 3.05) is 26.3 Å². The molecule has 6 nitrogen and oxygen atoms in total. The molecule has 21 heavy (non-hydrogen) atoms. The Balaban J connectivity index is 1.96. The van der Waals surface area contributed by atoms with Crippen molar-refractivity contribution in [1.82, 2.24) is 15.8 Å². The smallest absolute Gasteiger partial charge is 0.191 e. The monoisotopic (exact) mass is 294 g/mol. The van der Waals surface area contributed by atoms with E-state index in [0.29, 0.717) is 6.54 Å². The molecule has 1 atom stereocenters. The highest BCUT2D eigenvalue weighted by atomic mass is 16.5. The minimum Gasteiger partial charge on any atom is -0.381 e. The molecular weight excluding hydrogens is 268 g/mol. The SMILES string of the molecule is CCNC(=NCc1c(C)noc1C)NCC1(C)CCOC1. The number of nitrogens with one attached hydrogen (secondary N) is 2. The van der Waals surface area contributed by atoms with Gasteiger partial charge >= 0.3 is 0 Å². The van der Waals surface area contributed by atoms with Gasteiger partial charge in [0.2, 0.25) is 0 Å². The van der Waals surface area contributed by atoms with E-state index in [-0.39, 0.29) is 5.41 Å². The van der Waals surface area contributed by atoms with E-state index < -0.39 is 0 Å². The normalized spacial score (nSPS) is 22.6. The number of rotatable bonds is 5. The van der Waals surface area contributed by atoms with E-state index >= 15 is 0 Å². The Morgan fingerprint density at radius 2 is 2.19 bits per heavy atom. The van der Waals surface area contributed by atoms with Crippen LogP contribution in [0.5, 0.6) is 0 Å². The summed E-state index contributed by atoms with van der Waals surface area (Å²) in [4.78, 5) is 4.62. The summed E-state index contributed by atoms with van der Waals surface area (Å²) in [7, 11) is 0. The van der Waals surface area contributed by atoms with Gasteiger partial charge in [-0.3, -0.25) is 0 Å². The molecule has 1 fully saturated rings. The zero-order valence-corrected chi connectivity index (χ0v) is 13.5. The number of hydrogen-bond donors (Lipinski definition) is 2. The van der Waals surface area contributed by atoms with Gasteiger partial charge in [-0.05, 0) is 27.2 Å². The fourth-order valence-electron chi connectivity index (χ4n) is 2.37. The van der Waals surface area contributed by atoms with Gasteiger partial charge in [-0.25, -0.2) is 4.99 Å². The molecule has 0 radical (unpaired) electrons. The lowest BCUT2D eigenvalue weighted by atomic mass is 9.90. The maximum Gasteiger partial charge on any atom is 0.191 e. The minimum atomic E-state index is 0.194. The molecule has 118 valence electrons. The number of hydrogen-bond acceptors (Lipinski definition) is 4. The second-order valence-corrected chi connectivity index (χ2v) is 5.96. The Labute approximate surface area is 126 Å². The number of nitrogens with zero attached hydrogens (tertiary/aromatic N) is 2. The summed E-state index contributed by atoms with van der Waals surface area (Å²) in [5.74, 6) is 1.66. The molecule has 0 aliphatic carbocycles. The van der Waals surface area contributed by atoms with Gasteiger partial charge in [0, 0.05) is 30.7 Å². The summed E-state index contributed by atoms with van der Waals surface area (Å²) in [6, 6.07) is 0. The first kappa shape index (κ1) is 15.8. The molecule has 1 aliphatic rings. The first-order chi connectivity index (χ1) is 10.0. The van der Waals surface area contributed by atoms with E-state index in [1.54, 1.807) is 0 Å². The van der Waals surface area contributed by atoms with Gasteiger partial charge in [0.25, 0.3) is 0 Å². The van der Waals surface area contributed by atoms with Crippen LogP contribution in [0.15, 0.2) is 9.52 Å². The van der Waals surface area contributed by atoms with Crippen molar-refractivity contribution in [3.8, 4) is 0 Å². The summed E-state index contributed by atoms with van der Waals surface area (Å²) in [5.41, 5.74) is 2.16. The molecule has 0 bridgehead atoms. The van der Waals surface area contributed by atoms with Gasteiger partial charge in [-0.1, -0.05) is 12.1 Å². The molecule has 1 aromatic heterocycles. The van der Waals surface area contributed by atoms with Gasteiger partial charge in [-0.15, -0.1) is 0 Å². The highest BCUT2D eigenvalue weighted by Gasteiger charge is 2.29. The summed E-state index contributed by atoms with van der Waals surface area (Å²) in [6.45, 7) is 12.1. The van der Waals surface area contributed by atoms with Crippen LogP contribution < -0.4 is 10.6 Å². The standard InChI is InChI=1S/C15H26N4O2/c1-5-16-14(18-9-15(4)6-7-20-10-15)17-8-13-11(2)19-21-12(13)3/h5-10H2,1-4H3,(H2,16,17,18). The third-order valence-corrected chi connectivity index (χ3v) is 3.90. The van der Waals surface area contributed by atoms with Crippen molar-refractivity contribution in [3.05, 3.63) is 17.0 Å². The molecular formula is C15H26N4O2. The predicted molar refractivity (Wildman–Crippen MR) is 82.3 cm³/mol. The van der Waals surface area contributed by atoms with E-state index in [1.165, 1.54) is 0 Å². The fraction of sp³-hybridized carbons (Fsp3) is 0.733. The van der Waals surface area contributed by atoms with Crippen LogP contribution >= 0.6 is 0 Å². The van der Waals surface area contributed by atoms with Crippen LogP contribution in [0.25, 0.3) is 0 Å². The van der Waals surface area contributed by atoms with Gasteiger partial charge in [0.15, 0.2) is 5.96 Å². The van der Waals surface area contributed by atoms with Crippen LogP contribution in [0.4, 0.5) is 0 Å². The van der Waals surface area contributed by atoms with E-state index in [4.69, 9.17) is 9.26 Å². The number of aliphatic imine (C=N–C) groups is 1. The molecule has 6 heteroatoms. The summed E-state index contributed by atoms with van der Waals surface area (Å²) < 4.78 is 10.6. The third kappa shape index (κ3) is 4.20. The molecule has 0 aromatic carbocycles. The Kier molecular flexibility index (Phi) is 5.22. The highest BCUT2D eigenvalue weighted by molar-refractivity contribution is 5.79. The first-order valence-corrected chi connectivity index (χ1v) is 7.56. The molecule has 1 aromatic rings. The summed E-state index contributed by atoms with van der Waals surface area (Å²) in [5, 5.41) is 10.6. The minimum absolute atomic E-state index is 0.194. The van der Waals surface area contributed by atoms with Crippen molar-refractivity contribution in [2.24, 2.45) is 10.4 Å². The lowest BCUT2D eigenvalue weighted by Crippen LogP contribution is -2.43. The van der Waals surface area contributed by atoms with E-state index in [2.05, 4.69) is 34.6 Å². The Hall–Kier alpha value is -1.56. The Morgan fingerprint density at radius 3 is 2.76 bits per heavy atom. The maximum absolute atomic E-state index is 5.48. The van der Waals surface area contributed by atoms with Gasteiger partial charge < -0.3 is 19.9 Å². The Bertz CT molecular complexity index is 470.